The highest BCUT2D eigenvalue weighted by Crippen LogP contribution is 2.22. The van der Waals surface area contributed by atoms with E-state index < -0.39 is 9.84 Å². The van der Waals surface area contributed by atoms with Crippen LogP contribution in [0.1, 0.15) is 16.8 Å². The molecule has 7 heteroatoms. The van der Waals surface area contributed by atoms with Gasteiger partial charge in [-0.05, 0) is 24.6 Å². The summed E-state index contributed by atoms with van der Waals surface area (Å²) in [6, 6.07) is 4.17. The van der Waals surface area contributed by atoms with E-state index in [-0.39, 0.29) is 21.4 Å². The van der Waals surface area contributed by atoms with Crippen LogP contribution in [0, 0.1) is 0 Å². The summed E-state index contributed by atoms with van der Waals surface area (Å²) in [5.74, 6) is -0.335. The largest absolute Gasteiger partial charge is 0.385 e. The molecule has 0 aliphatic heterocycles. The lowest BCUT2D eigenvalue weighted by atomic mass is 10.2. The van der Waals surface area contributed by atoms with Crippen molar-refractivity contribution < 1.29 is 17.9 Å². The number of ether oxygens (including phenoxy) is 1. The fourth-order valence-corrected chi connectivity index (χ4v) is 2.75. The number of sulfone groups is 1. The number of methoxy groups -OCH3 is 1. The van der Waals surface area contributed by atoms with E-state index in [0.29, 0.717) is 19.6 Å². The van der Waals surface area contributed by atoms with Crippen LogP contribution in [0.2, 0.25) is 5.02 Å². The minimum absolute atomic E-state index is 0.0429. The molecule has 0 spiro atoms. The van der Waals surface area contributed by atoms with Crippen LogP contribution in [0.3, 0.4) is 0 Å². The Morgan fingerprint density at radius 1 is 1.42 bits per heavy atom. The second-order valence-electron chi connectivity index (χ2n) is 4.02. The monoisotopic (exact) mass is 305 g/mol. The Morgan fingerprint density at radius 2 is 2.11 bits per heavy atom. The number of amides is 1. The van der Waals surface area contributed by atoms with Crippen molar-refractivity contribution in [3.8, 4) is 0 Å². The number of benzene rings is 1. The van der Waals surface area contributed by atoms with E-state index in [0.717, 1.165) is 6.26 Å². The molecular formula is C12H16ClNO4S. The zero-order valence-corrected chi connectivity index (χ0v) is 12.3. The van der Waals surface area contributed by atoms with Crippen molar-refractivity contribution in [2.24, 2.45) is 0 Å². The van der Waals surface area contributed by atoms with E-state index in [1.165, 1.54) is 18.2 Å². The molecule has 1 aromatic carbocycles. The van der Waals surface area contributed by atoms with Gasteiger partial charge in [-0.15, -0.1) is 0 Å². The Kier molecular flexibility index (Phi) is 5.78. The molecular weight excluding hydrogens is 290 g/mol. The van der Waals surface area contributed by atoms with Crippen molar-refractivity contribution in [3.63, 3.8) is 0 Å². The standard InChI is InChI=1S/C12H16ClNO4S/c1-18-7-3-6-14-12(15)9-4-5-10(13)11(8-9)19(2,16)17/h4-5,8H,3,6-7H2,1-2H3,(H,14,15). The summed E-state index contributed by atoms with van der Waals surface area (Å²) in [7, 11) is -1.87. The summed E-state index contributed by atoms with van der Waals surface area (Å²) in [5, 5.41) is 2.78. The van der Waals surface area contributed by atoms with Gasteiger partial charge in [0.2, 0.25) is 0 Å². The van der Waals surface area contributed by atoms with Gasteiger partial charge in [-0.25, -0.2) is 8.42 Å². The summed E-state index contributed by atoms with van der Waals surface area (Å²) < 4.78 is 27.9. The molecule has 0 heterocycles. The van der Waals surface area contributed by atoms with Crippen LogP contribution in [0.15, 0.2) is 23.1 Å². The quantitative estimate of drug-likeness (QED) is 0.809. The molecule has 0 atom stereocenters. The number of nitrogens with one attached hydrogen (secondary N) is 1. The summed E-state index contributed by atoms with van der Waals surface area (Å²) in [6.45, 7) is 1.01. The molecule has 1 N–H and O–H groups in total. The molecule has 106 valence electrons. The lowest BCUT2D eigenvalue weighted by Gasteiger charge is -2.07. The molecule has 0 aliphatic carbocycles. The van der Waals surface area contributed by atoms with Gasteiger partial charge in [-0.3, -0.25) is 4.79 Å². The van der Waals surface area contributed by atoms with Gasteiger partial charge in [0.1, 0.15) is 0 Å². The second kappa shape index (κ2) is 6.88. The lowest BCUT2D eigenvalue weighted by Crippen LogP contribution is -2.25. The molecule has 1 amide bonds. The molecule has 0 radical (unpaired) electrons. The Morgan fingerprint density at radius 3 is 2.68 bits per heavy atom. The summed E-state index contributed by atoms with van der Waals surface area (Å²) in [5.41, 5.74) is 0.266. The van der Waals surface area contributed by atoms with Gasteiger partial charge in [0.05, 0.1) is 9.92 Å². The smallest absolute Gasteiger partial charge is 0.251 e. The first-order valence-electron chi connectivity index (χ1n) is 5.63. The fourth-order valence-electron chi connectivity index (χ4n) is 1.45. The Hall–Kier alpha value is -1.11. The molecule has 1 aromatic rings. The third kappa shape index (κ3) is 4.81. The topological polar surface area (TPSA) is 72.5 Å². The molecule has 0 saturated carbocycles. The average Bonchev–Trinajstić information content (AvgIpc) is 2.33. The molecule has 0 bridgehead atoms. The van der Waals surface area contributed by atoms with Crippen LogP contribution in [0.25, 0.3) is 0 Å². The van der Waals surface area contributed by atoms with E-state index in [9.17, 15) is 13.2 Å². The molecule has 0 aliphatic rings. The molecule has 0 saturated heterocycles. The zero-order valence-electron chi connectivity index (χ0n) is 10.8. The third-order valence-corrected chi connectivity index (χ3v) is 3.98. The van der Waals surface area contributed by atoms with E-state index >= 15 is 0 Å². The maximum atomic E-state index is 11.8. The van der Waals surface area contributed by atoms with Crippen LogP contribution in [0.4, 0.5) is 0 Å². The first-order chi connectivity index (χ1) is 8.86. The fraction of sp³-hybridized carbons (Fsp3) is 0.417. The average molecular weight is 306 g/mol. The summed E-state index contributed by atoms with van der Waals surface area (Å²) >= 11 is 5.80. The van der Waals surface area contributed by atoms with Crippen molar-refractivity contribution in [2.75, 3.05) is 26.5 Å². The normalized spacial score (nSPS) is 11.3. The van der Waals surface area contributed by atoms with Crippen molar-refractivity contribution in [3.05, 3.63) is 28.8 Å². The van der Waals surface area contributed by atoms with Gasteiger partial charge >= 0.3 is 0 Å². The Labute approximate surface area is 117 Å². The molecule has 0 unspecified atom stereocenters. The Bertz CT molecular complexity index is 557. The van der Waals surface area contributed by atoms with Crippen molar-refractivity contribution in [2.45, 2.75) is 11.3 Å². The highest BCUT2D eigenvalue weighted by atomic mass is 35.5. The summed E-state index contributed by atoms with van der Waals surface area (Å²) in [4.78, 5) is 11.8. The van der Waals surface area contributed by atoms with Gasteiger partial charge in [-0.1, -0.05) is 11.6 Å². The van der Waals surface area contributed by atoms with E-state index in [2.05, 4.69) is 5.32 Å². The lowest BCUT2D eigenvalue weighted by molar-refractivity contribution is 0.0948. The van der Waals surface area contributed by atoms with Crippen LogP contribution >= 0.6 is 11.6 Å². The second-order valence-corrected chi connectivity index (χ2v) is 6.41. The zero-order chi connectivity index (χ0) is 14.5. The van der Waals surface area contributed by atoms with Gasteiger partial charge < -0.3 is 10.1 Å². The van der Waals surface area contributed by atoms with Gasteiger partial charge in [0, 0.05) is 32.1 Å². The molecule has 0 aromatic heterocycles. The number of carbonyl (C=O) groups is 1. The number of halogens is 1. The van der Waals surface area contributed by atoms with Gasteiger partial charge in [0.25, 0.3) is 5.91 Å². The number of carbonyl (C=O) groups excluding carboxylic acids is 1. The molecule has 0 fully saturated rings. The maximum Gasteiger partial charge on any atom is 0.251 e. The highest BCUT2D eigenvalue weighted by molar-refractivity contribution is 7.90. The number of hydrogen-bond donors (Lipinski definition) is 1. The number of rotatable bonds is 6. The van der Waals surface area contributed by atoms with Crippen LogP contribution < -0.4 is 5.32 Å². The predicted octanol–water partition coefficient (Wildman–Crippen LogP) is 1.51. The molecule has 5 nitrogen and oxygen atoms in total. The highest BCUT2D eigenvalue weighted by Gasteiger charge is 2.15. The first-order valence-corrected chi connectivity index (χ1v) is 7.90. The van der Waals surface area contributed by atoms with Gasteiger partial charge in [-0.2, -0.15) is 0 Å². The third-order valence-electron chi connectivity index (χ3n) is 2.40. The summed E-state index contributed by atoms with van der Waals surface area (Å²) in [6.07, 6.45) is 1.74. The van der Waals surface area contributed by atoms with Crippen LogP contribution in [-0.4, -0.2) is 40.8 Å². The first kappa shape index (κ1) is 15.9. The molecule has 19 heavy (non-hydrogen) atoms. The minimum Gasteiger partial charge on any atom is -0.385 e. The maximum absolute atomic E-state index is 11.8. The number of hydrogen-bond acceptors (Lipinski definition) is 4. The van der Waals surface area contributed by atoms with E-state index in [1.807, 2.05) is 0 Å². The molecule has 1 rings (SSSR count). The van der Waals surface area contributed by atoms with Crippen LogP contribution in [0.5, 0.6) is 0 Å². The Balaban J connectivity index is 2.82. The minimum atomic E-state index is -3.45. The van der Waals surface area contributed by atoms with Crippen molar-refractivity contribution in [1.29, 1.82) is 0 Å². The van der Waals surface area contributed by atoms with E-state index in [4.69, 9.17) is 16.3 Å². The predicted molar refractivity (Wildman–Crippen MR) is 73.4 cm³/mol. The van der Waals surface area contributed by atoms with E-state index in [1.54, 1.807) is 7.11 Å². The van der Waals surface area contributed by atoms with Crippen molar-refractivity contribution in [1.82, 2.24) is 5.32 Å². The van der Waals surface area contributed by atoms with Crippen LogP contribution in [-0.2, 0) is 14.6 Å². The van der Waals surface area contributed by atoms with Gasteiger partial charge in [0.15, 0.2) is 9.84 Å². The SMILES string of the molecule is COCCCNC(=O)c1ccc(Cl)c(S(C)(=O)=O)c1. The van der Waals surface area contributed by atoms with Crippen molar-refractivity contribution >= 4 is 27.3 Å².